The number of benzene rings is 1. The van der Waals surface area contributed by atoms with E-state index in [9.17, 15) is 4.39 Å². The van der Waals surface area contributed by atoms with Crippen molar-refractivity contribution in [1.29, 1.82) is 0 Å². The Morgan fingerprint density at radius 1 is 1.19 bits per heavy atom. The van der Waals surface area contributed by atoms with Crippen molar-refractivity contribution >= 4 is 0 Å². The first-order chi connectivity index (χ1) is 10.1. The first-order valence-corrected chi connectivity index (χ1v) is 8.23. The number of rotatable bonds is 5. The van der Waals surface area contributed by atoms with Crippen LogP contribution in [0.25, 0.3) is 0 Å². The highest BCUT2D eigenvalue weighted by Crippen LogP contribution is 2.28. The van der Waals surface area contributed by atoms with Crippen LogP contribution in [-0.2, 0) is 6.42 Å². The van der Waals surface area contributed by atoms with Crippen molar-refractivity contribution in [3.8, 4) is 0 Å². The summed E-state index contributed by atoms with van der Waals surface area (Å²) in [6, 6.07) is 7.64. The van der Waals surface area contributed by atoms with Crippen molar-refractivity contribution in [2.24, 2.45) is 5.73 Å². The molecule has 1 unspecified atom stereocenters. The van der Waals surface area contributed by atoms with Crippen molar-refractivity contribution in [3.63, 3.8) is 0 Å². The van der Waals surface area contributed by atoms with Gasteiger partial charge in [-0.15, -0.1) is 0 Å². The lowest BCUT2D eigenvalue weighted by Gasteiger charge is -2.43. The Hall–Kier alpha value is -0.930. The summed E-state index contributed by atoms with van der Waals surface area (Å²) in [7, 11) is 2.17. The summed E-state index contributed by atoms with van der Waals surface area (Å²) in [5.41, 5.74) is 6.67. The van der Waals surface area contributed by atoms with Crippen LogP contribution in [0.2, 0.25) is 0 Å². The van der Waals surface area contributed by atoms with Crippen molar-refractivity contribution in [1.82, 2.24) is 4.90 Å². The van der Waals surface area contributed by atoms with E-state index in [2.05, 4.69) is 18.9 Å². The van der Waals surface area contributed by atoms with E-state index in [4.69, 9.17) is 5.73 Å². The van der Waals surface area contributed by atoms with Crippen LogP contribution in [-0.4, -0.2) is 30.1 Å². The van der Waals surface area contributed by atoms with Crippen molar-refractivity contribution in [3.05, 3.63) is 35.6 Å². The summed E-state index contributed by atoms with van der Waals surface area (Å²) >= 11 is 0. The van der Waals surface area contributed by atoms with Gasteiger partial charge in [-0.2, -0.15) is 0 Å². The first-order valence-electron chi connectivity index (χ1n) is 8.23. The number of hydrogen-bond donors (Lipinski definition) is 1. The lowest BCUT2D eigenvalue weighted by atomic mass is 9.88. The predicted molar refractivity (Wildman–Crippen MR) is 86.8 cm³/mol. The van der Waals surface area contributed by atoms with Gasteiger partial charge in [0.05, 0.1) is 0 Å². The molecule has 2 N–H and O–H groups in total. The first kappa shape index (κ1) is 16.4. The number of nitrogens with zero attached hydrogens (tertiary/aromatic N) is 1. The maximum atomic E-state index is 14.0. The van der Waals surface area contributed by atoms with E-state index < -0.39 is 0 Å². The third-order valence-corrected chi connectivity index (χ3v) is 5.19. The molecule has 1 saturated carbocycles. The second kappa shape index (κ2) is 7.37. The Morgan fingerprint density at radius 3 is 2.38 bits per heavy atom. The largest absolute Gasteiger partial charge is 0.329 e. The van der Waals surface area contributed by atoms with Gasteiger partial charge in [-0.1, -0.05) is 43.9 Å². The second-order valence-electron chi connectivity index (χ2n) is 6.73. The molecule has 0 spiro atoms. The zero-order valence-electron chi connectivity index (χ0n) is 13.4. The molecule has 1 aromatic rings. The number of halogens is 1. The average Bonchev–Trinajstić information content (AvgIpc) is 2.78. The van der Waals surface area contributed by atoms with Gasteiger partial charge < -0.3 is 5.73 Å². The Kier molecular flexibility index (Phi) is 5.77. The third kappa shape index (κ3) is 4.04. The van der Waals surface area contributed by atoms with Gasteiger partial charge in [0.1, 0.15) is 5.82 Å². The predicted octanol–water partition coefficient (Wildman–Crippen LogP) is 3.74. The van der Waals surface area contributed by atoms with Gasteiger partial charge in [0.2, 0.25) is 0 Å². The van der Waals surface area contributed by atoms with Crippen LogP contribution >= 0.6 is 0 Å². The van der Waals surface area contributed by atoms with Crippen LogP contribution in [0.4, 0.5) is 4.39 Å². The Balaban J connectivity index is 2.13. The number of likely N-dealkylation sites (N-methyl/N-ethyl adjacent to an activating group) is 1. The fourth-order valence-corrected chi connectivity index (χ4v) is 3.48. The third-order valence-electron chi connectivity index (χ3n) is 5.19. The summed E-state index contributed by atoms with van der Waals surface area (Å²) in [6.45, 7) is 2.72. The maximum absolute atomic E-state index is 14.0. The molecule has 1 aliphatic rings. The highest BCUT2D eigenvalue weighted by molar-refractivity contribution is 5.20. The highest BCUT2D eigenvalue weighted by Gasteiger charge is 2.33. The molecule has 118 valence electrons. The van der Waals surface area contributed by atoms with Crippen LogP contribution in [0.15, 0.2) is 24.3 Å². The normalized spacial score (nSPS) is 20.2. The molecule has 3 heteroatoms. The summed E-state index contributed by atoms with van der Waals surface area (Å²) < 4.78 is 14.0. The van der Waals surface area contributed by atoms with Crippen LogP contribution < -0.4 is 5.73 Å². The Bertz CT molecular complexity index is 441. The molecule has 1 aromatic carbocycles. The topological polar surface area (TPSA) is 29.3 Å². The fourth-order valence-electron chi connectivity index (χ4n) is 3.48. The molecule has 0 aromatic heterocycles. The average molecular weight is 292 g/mol. The van der Waals surface area contributed by atoms with Gasteiger partial charge >= 0.3 is 0 Å². The minimum absolute atomic E-state index is 0.119. The molecule has 1 aliphatic carbocycles. The van der Waals surface area contributed by atoms with E-state index in [1.165, 1.54) is 44.6 Å². The molecule has 0 bridgehead atoms. The van der Waals surface area contributed by atoms with Gasteiger partial charge in [-0.05, 0) is 44.9 Å². The molecule has 1 atom stereocenters. The lowest BCUT2D eigenvalue weighted by molar-refractivity contribution is 0.0820. The van der Waals surface area contributed by atoms with Gasteiger partial charge in [-0.25, -0.2) is 4.39 Å². The standard InChI is InChI=1S/C18H29FN2/c1-18(14-20,13-15-9-7-8-12-17(15)19)21(2)16-10-5-3-4-6-11-16/h7-9,12,16H,3-6,10-11,13-14,20H2,1-2H3. The number of nitrogens with two attached hydrogens (primary N) is 1. The minimum atomic E-state index is -0.183. The summed E-state index contributed by atoms with van der Waals surface area (Å²) in [5, 5.41) is 0. The summed E-state index contributed by atoms with van der Waals surface area (Å²) in [6.07, 6.45) is 8.44. The highest BCUT2D eigenvalue weighted by atomic mass is 19.1. The molecule has 2 nitrogen and oxygen atoms in total. The van der Waals surface area contributed by atoms with Crippen LogP contribution in [0.1, 0.15) is 51.0 Å². The van der Waals surface area contributed by atoms with Crippen molar-refractivity contribution in [2.75, 3.05) is 13.6 Å². The molecule has 21 heavy (non-hydrogen) atoms. The molecular formula is C18H29FN2. The Labute approximate surface area is 128 Å². The number of hydrogen-bond acceptors (Lipinski definition) is 2. The Morgan fingerprint density at radius 2 is 1.81 bits per heavy atom. The van der Waals surface area contributed by atoms with Gasteiger partial charge in [0.25, 0.3) is 0 Å². The zero-order valence-corrected chi connectivity index (χ0v) is 13.4. The SMILES string of the molecule is CN(C1CCCCCC1)C(C)(CN)Cc1ccccc1F. The smallest absolute Gasteiger partial charge is 0.126 e. The summed E-state index contributed by atoms with van der Waals surface area (Å²) in [5.74, 6) is -0.119. The van der Waals surface area contributed by atoms with Crippen molar-refractivity contribution < 1.29 is 4.39 Å². The lowest BCUT2D eigenvalue weighted by Crippen LogP contribution is -2.55. The van der Waals surface area contributed by atoms with E-state index >= 15 is 0 Å². The maximum Gasteiger partial charge on any atom is 0.126 e. The van der Waals surface area contributed by atoms with Crippen LogP contribution in [0.3, 0.4) is 0 Å². The molecule has 2 rings (SSSR count). The van der Waals surface area contributed by atoms with E-state index in [0.717, 1.165) is 5.56 Å². The molecule has 1 fully saturated rings. The van der Waals surface area contributed by atoms with Crippen LogP contribution in [0, 0.1) is 5.82 Å². The quantitative estimate of drug-likeness (QED) is 0.838. The molecule has 0 aliphatic heterocycles. The van der Waals surface area contributed by atoms with E-state index in [1.54, 1.807) is 6.07 Å². The monoisotopic (exact) mass is 292 g/mol. The molecule has 0 amide bonds. The van der Waals surface area contributed by atoms with Crippen LogP contribution in [0.5, 0.6) is 0 Å². The van der Waals surface area contributed by atoms with E-state index in [0.29, 0.717) is 19.0 Å². The molecule has 0 heterocycles. The molecular weight excluding hydrogens is 263 g/mol. The van der Waals surface area contributed by atoms with E-state index in [1.807, 2.05) is 12.1 Å². The summed E-state index contributed by atoms with van der Waals surface area (Å²) in [4.78, 5) is 2.42. The molecule has 0 saturated heterocycles. The second-order valence-corrected chi connectivity index (χ2v) is 6.73. The molecule has 0 radical (unpaired) electrons. The zero-order chi connectivity index (χ0) is 15.3. The van der Waals surface area contributed by atoms with Crippen molar-refractivity contribution in [2.45, 2.75) is 63.5 Å². The van der Waals surface area contributed by atoms with Gasteiger partial charge in [0, 0.05) is 18.1 Å². The minimum Gasteiger partial charge on any atom is -0.329 e. The van der Waals surface area contributed by atoms with Gasteiger partial charge in [-0.3, -0.25) is 4.90 Å². The van der Waals surface area contributed by atoms with Gasteiger partial charge in [0.15, 0.2) is 0 Å². The van der Waals surface area contributed by atoms with E-state index in [-0.39, 0.29) is 11.4 Å². The fraction of sp³-hybridized carbons (Fsp3) is 0.667.